The number of hydrogen-bond donors (Lipinski definition) is 1. The second-order valence-electron chi connectivity index (χ2n) is 7.18. The van der Waals surface area contributed by atoms with Crippen molar-refractivity contribution in [2.75, 3.05) is 26.2 Å². The Labute approximate surface area is 163 Å². The molecule has 0 aromatic carbocycles. The molecule has 4 rings (SSSR count). The Morgan fingerprint density at radius 3 is 2.52 bits per heavy atom. The molecular weight excluding hydrogens is 398 g/mol. The van der Waals surface area contributed by atoms with Crippen molar-refractivity contribution >= 4 is 50.3 Å². The normalized spacial score (nSPS) is 30.0. The Balaban J connectivity index is 1.33. The Hall–Kier alpha value is -0.410. The molecule has 0 amide bonds. The van der Waals surface area contributed by atoms with Crippen molar-refractivity contribution in [1.29, 1.82) is 0 Å². The highest BCUT2D eigenvalue weighted by molar-refractivity contribution is 7.91. The molecule has 2 heterocycles. The van der Waals surface area contributed by atoms with Gasteiger partial charge in [-0.2, -0.15) is 4.31 Å². The molecule has 9 heteroatoms. The zero-order valence-electron chi connectivity index (χ0n) is 13.9. The van der Waals surface area contributed by atoms with Gasteiger partial charge in [-0.15, -0.1) is 11.3 Å². The van der Waals surface area contributed by atoms with E-state index in [2.05, 4.69) is 10.2 Å². The van der Waals surface area contributed by atoms with Crippen LogP contribution < -0.4 is 5.32 Å². The Bertz CT molecular complexity index is 758. The molecule has 3 atom stereocenters. The molecule has 5 nitrogen and oxygen atoms in total. The Morgan fingerprint density at radius 2 is 1.96 bits per heavy atom. The summed E-state index contributed by atoms with van der Waals surface area (Å²) in [6, 6.07) is 3.72. The summed E-state index contributed by atoms with van der Waals surface area (Å²) in [5.41, 5.74) is 0. The number of fused-ring (bicyclic) bond motifs is 2. The molecule has 3 aliphatic rings. The van der Waals surface area contributed by atoms with Gasteiger partial charge < -0.3 is 10.2 Å². The highest BCUT2D eigenvalue weighted by atomic mass is 35.5. The second kappa shape index (κ2) is 6.96. The van der Waals surface area contributed by atoms with E-state index in [4.69, 9.17) is 23.8 Å². The van der Waals surface area contributed by atoms with Crippen LogP contribution in [0.2, 0.25) is 4.34 Å². The lowest BCUT2D eigenvalue weighted by Gasteiger charge is -2.37. The lowest BCUT2D eigenvalue weighted by Crippen LogP contribution is -2.54. The molecule has 0 spiro atoms. The van der Waals surface area contributed by atoms with Gasteiger partial charge in [0.2, 0.25) is 0 Å². The van der Waals surface area contributed by atoms with Gasteiger partial charge in [0.15, 0.2) is 5.11 Å². The fourth-order valence-electron chi connectivity index (χ4n) is 4.37. The van der Waals surface area contributed by atoms with Crippen molar-refractivity contribution in [1.82, 2.24) is 14.5 Å². The smallest absolute Gasteiger partial charge is 0.252 e. The van der Waals surface area contributed by atoms with Crippen LogP contribution in [0.5, 0.6) is 0 Å². The van der Waals surface area contributed by atoms with E-state index >= 15 is 0 Å². The van der Waals surface area contributed by atoms with Gasteiger partial charge in [0.05, 0.1) is 4.34 Å². The third kappa shape index (κ3) is 3.56. The number of nitrogens with zero attached hydrogens (tertiary/aromatic N) is 2. The lowest BCUT2D eigenvalue weighted by atomic mass is 9.95. The first kappa shape index (κ1) is 18.0. The first-order valence-electron chi connectivity index (χ1n) is 8.74. The van der Waals surface area contributed by atoms with E-state index in [1.54, 1.807) is 12.1 Å². The lowest BCUT2D eigenvalue weighted by molar-refractivity contribution is 0.259. The maximum atomic E-state index is 12.7. The molecule has 25 heavy (non-hydrogen) atoms. The summed E-state index contributed by atoms with van der Waals surface area (Å²) in [7, 11) is -3.44. The second-order valence-corrected chi connectivity index (χ2v) is 11.4. The van der Waals surface area contributed by atoms with Gasteiger partial charge in [-0.3, -0.25) is 0 Å². The zero-order valence-corrected chi connectivity index (χ0v) is 17.1. The molecule has 2 bridgehead atoms. The average molecular weight is 420 g/mol. The molecule has 1 aromatic heterocycles. The van der Waals surface area contributed by atoms with Gasteiger partial charge in [-0.1, -0.05) is 18.0 Å². The first-order chi connectivity index (χ1) is 11.9. The summed E-state index contributed by atoms with van der Waals surface area (Å²) < 4.78 is 27.6. The van der Waals surface area contributed by atoms with Crippen molar-refractivity contribution in [3.8, 4) is 0 Å². The predicted octanol–water partition coefficient (Wildman–Crippen LogP) is 2.77. The first-order valence-corrected chi connectivity index (χ1v) is 11.8. The highest BCUT2D eigenvalue weighted by Crippen LogP contribution is 2.44. The van der Waals surface area contributed by atoms with E-state index < -0.39 is 10.0 Å². The number of halogens is 1. The van der Waals surface area contributed by atoms with E-state index in [9.17, 15) is 8.42 Å². The number of sulfonamides is 1. The number of hydrogen-bond acceptors (Lipinski definition) is 4. The molecule has 1 aromatic rings. The molecule has 0 unspecified atom stereocenters. The monoisotopic (exact) mass is 419 g/mol. The summed E-state index contributed by atoms with van der Waals surface area (Å²) in [6.07, 6.45) is 5.27. The van der Waals surface area contributed by atoms with Crippen molar-refractivity contribution < 1.29 is 8.42 Å². The van der Waals surface area contributed by atoms with Crippen LogP contribution >= 0.6 is 35.2 Å². The molecular formula is C16H22ClN3O2S3. The minimum atomic E-state index is -3.44. The zero-order chi connectivity index (χ0) is 17.6. The molecule has 0 radical (unpaired) electrons. The average Bonchev–Trinajstić information content (AvgIpc) is 3.32. The summed E-state index contributed by atoms with van der Waals surface area (Å²) in [5.74, 6) is 1.65. The Morgan fingerprint density at radius 1 is 1.20 bits per heavy atom. The summed E-state index contributed by atoms with van der Waals surface area (Å²) >= 11 is 12.6. The van der Waals surface area contributed by atoms with Crippen LogP contribution in [-0.2, 0) is 10.0 Å². The number of thiocarbonyl (C=S) groups is 1. The third-order valence-corrected chi connectivity index (χ3v) is 9.69. The maximum absolute atomic E-state index is 12.7. The third-order valence-electron chi connectivity index (χ3n) is 5.72. The number of rotatable bonds is 3. The van der Waals surface area contributed by atoms with Crippen LogP contribution in [0, 0.1) is 11.8 Å². The van der Waals surface area contributed by atoms with Crippen molar-refractivity contribution in [2.24, 2.45) is 11.8 Å². The molecule has 3 fully saturated rings. The summed E-state index contributed by atoms with van der Waals surface area (Å²) in [4.78, 5) is 2.11. The molecule has 1 N–H and O–H groups in total. The van der Waals surface area contributed by atoms with E-state index in [0.29, 0.717) is 40.8 Å². The fourth-order valence-corrected chi connectivity index (χ4v) is 7.76. The van der Waals surface area contributed by atoms with Crippen LogP contribution in [0.3, 0.4) is 0 Å². The van der Waals surface area contributed by atoms with Crippen LogP contribution in [-0.4, -0.2) is 55.0 Å². The fraction of sp³-hybridized carbons (Fsp3) is 0.688. The van der Waals surface area contributed by atoms with Gasteiger partial charge in [0.25, 0.3) is 10.0 Å². The van der Waals surface area contributed by atoms with E-state index in [0.717, 1.165) is 28.3 Å². The summed E-state index contributed by atoms with van der Waals surface area (Å²) in [5, 5.41) is 4.33. The van der Waals surface area contributed by atoms with Gasteiger partial charge in [-0.25, -0.2) is 8.42 Å². The van der Waals surface area contributed by atoms with Gasteiger partial charge in [0, 0.05) is 32.2 Å². The quantitative estimate of drug-likeness (QED) is 0.763. The predicted molar refractivity (Wildman–Crippen MR) is 105 cm³/mol. The number of piperazine rings is 1. The topological polar surface area (TPSA) is 52.7 Å². The van der Waals surface area contributed by atoms with Crippen LogP contribution in [0.15, 0.2) is 16.3 Å². The van der Waals surface area contributed by atoms with Crippen molar-refractivity contribution in [3.63, 3.8) is 0 Å². The standard InChI is InChI=1S/C16H22ClN3O2S3/c17-14-3-4-15(24-14)25(21,22)20-7-5-19(6-8-20)16(23)18-13-10-11-1-2-12(13)9-11/h3-4,11-13H,1-2,5-10H2,(H,18,23)/t11-,12-,13+/m1/s1. The van der Waals surface area contributed by atoms with Gasteiger partial charge in [-0.05, 0) is 55.4 Å². The summed E-state index contributed by atoms with van der Waals surface area (Å²) in [6.45, 7) is 2.17. The maximum Gasteiger partial charge on any atom is 0.252 e. The van der Waals surface area contributed by atoms with Crippen LogP contribution in [0.4, 0.5) is 0 Å². The number of thiophene rings is 1. The highest BCUT2D eigenvalue weighted by Gasteiger charge is 2.40. The molecule has 1 saturated heterocycles. The SMILES string of the molecule is O=S(=O)(c1ccc(Cl)s1)N1CCN(C(=S)N[C@H]2C[C@@H]3CC[C@@H]2C3)CC1. The molecule has 2 aliphatic carbocycles. The van der Waals surface area contributed by atoms with Gasteiger partial charge in [0.1, 0.15) is 4.21 Å². The Kier molecular flexibility index (Phi) is 5.00. The van der Waals surface area contributed by atoms with E-state index in [1.165, 1.54) is 30.0 Å². The van der Waals surface area contributed by atoms with E-state index in [-0.39, 0.29) is 0 Å². The largest absolute Gasteiger partial charge is 0.360 e. The van der Waals surface area contributed by atoms with E-state index in [1.807, 2.05) is 0 Å². The molecule has 138 valence electrons. The minimum absolute atomic E-state index is 0.314. The number of nitrogens with one attached hydrogen (secondary N) is 1. The minimum Gasteiger partial charge on any atom is -0.360 e. The van der Waals surface area contributed by atoms with Crippen LogP contribution in [0.1, 0.15) is 25.7 Å². The van der Waals surface area contributed by atoms with Gasteiger partial charge >= 0.3 is 0 Å². The van der Waals surface area contributed by atoms with Crippen molar-refractivity contribution in [2.45, 2.75) is 35.9 Å². The van der Waals surface area contributed by atoms with Crippen LogP contribution in [0.25, 0.3) is 0 Å². The van der Waals surface area contributed by atoms with Crippen molar-refractivity contribution in [3.05, 3.63) is 16.5 Å². The molecule has 2 saturated carbocycles. The molecule has 1 aliphatic heterocycles.